The first-order chi connectivity index (χ1) is 4.05. The molecule has 2 heteroatoms. The molecule has 0 N–H and O–H groups in total. The lowest BCUT2D eigenvalue weighted by Crippen LogP contribution is -2.38. The van der Waals surface area contributed by atoms with Crippen molar-refractivity contribution in [1.82, 2.24) is 0 Å². The predicted molar refractivity (Wildman–Crippen MR) is 37.0 cm³/mol. The summed E-state index contributed by atoms with van der Waals surface area (Å²) in [4.78, 5) is 0. The van der Waals surface area contributed by atoms with Crippen LogP contribution in [0, 0.1) is 0 Å². The van der Waals surface area contributed by atoms with Crippen LogP contribution >= 0.6 is 0 Å². The third-order valence-corrected chi connectivity index (χ3v) is 1.72. The number of epoxide rings is 1. The first-order valence-corrected chi connectivity index (χ1v) is 3.52. The number of quaternary nitrogens is 1. The van der Waals surface area contributed by atoms with Crippen LogP contribution in [-0.2, 0) is 4.74 Å². The molecular weight excluding hydrogens is 114 g/mol. The minimum absolute atomic E-state index is 0.468. The Balaban J connectivity index is 2.33. The standard InChI is InChI=1S/C7H16NO/c1-5-6-7(9-6)8(2,3)4/h6-7H,5H2,1-4H3/q+1. The van der Waals surface area contributed by atoms with E-state index >= 15 is 0 Å². The van der Waals surface area contributed by atoms with Gasteiger partial charge in [-0.25, -0.2) is 0 Å². The van der Waals surface area contributed by atoms with Gasteiger partial charge in [0.05, 0.1) is 21.1 Å². The average molecular weight is 130 g/mol. The molecule has 0 aromatic heterocycles. The van der Waals surface area contributed by atoms with Gasteiger partial charge in [0.25, 0.3) is 0 Å². The van der Waals surface area contributed by atoms with Crippen LogP contribution in [0.25, 0.3) is 0 Å². The quantitative estimate of drug-likeness (QED) is 0.398. The average Bonchev–Trinajstić information content (AvgIpc) is 2.39. The summed E-state index contributed by atoms with van der Waals surface area (Å²) in [5.41, 5.74) is 0. The maximum Gasteiger partial charge on any atom is 0.220 e. The van der Waals surface area contributed by atoms with Gasteiger partial charge in [0.2, 0.25) is 6.23 Å². The summed E-state index contributed by atoms with van der Waals surface area (Å²) < 4.78 is 6.35. The molecule has 1 rings (SSSR count). The van der Waals surface area contributed by atoms with Gasteiger partial charge in [-0.15, -0.1) is 0 Å². The molecule has 9 heavy (non-hydrogen) atoms. The molecular formula is C7H16NO+. The summed E-state index contributed by atoms with van der Waals surface area (Å²) in [6, 6.07) is 0. The zero-order chi connectivity index (χ0) is 7.07. The third-order valence-electron chi connectivity index (χ3n) is 1.72. The summed E-state index contributed by atoms with van der Waals surface area (Å²) in [7, 11) is 6.50. The van der Waals surface area contributed by atoms with Crippen molar-refractivity contribution in [1.29, 1.82) is 0 Å². The fourth-order valence-corrected chi connectivity index (χ4v) is 1.11. The number of hydrogen-bond donors (Lipinski definition) is 0. The Morgan fingerprint density at radius 1 is 1.33 bits per heavy atom. The highest BCUT2D eigenvalue weighted by Gasteiger charge is 2.47. The summed E-state index contributed by atoms with van der Waals surface area (Å²) in [5, 5.41) is 0. The van der Waals surface area contributed by atoms with Crippen LogP contribution in [0.4, 0.5) is 0 Å². The van der Waals surface area contributed by atoms with E-state index in [1.165, 1.54) is 0 Å². The lowest BCUT2D eigenvalue weighted by molar-refractivity contribution is -0.892. The maximum absolute atomic E-state index is 5.40. The number of nitrogens with zero attached hydrogens (tertiary/aromatic N) is 1. The van der Waals surface area contributed by atoms with Crippen LogP contribution in [0.3, 0.4) is 0 Å². The van der Waals surface area contributed by atoms with E-state index in [-0.39, 0.29) is 0 Å². The number of hydrogen-bond acceptors (Lipinski definition) is 1. The highest BCUT2D eigenvalue weighted by atomic mass is 16.6. The molecule has 0 aromatic carbocycles. The zero-order valence-corrected chi connectivity index (χ0v) is 6.72. The van der Waals surface area contributed by atoms with Gasteiger partial charge in [0.1, 0.15) is 6.10 Å². The summed E-state index contributed by atoms with van der Waals surface area (Å²) in [6.45, 7) is 2.17. The Hall–Kier alpha value is -0.0800. The molecule has 0 bridgehead atoms. The van der Waals surface area contributed by atoms with E-state index in [1.54, 1.807) is 0 Å². The molecule has 1 aliphatic rings. The van der Waals surface area contributed by atoms with Crippen LogP contribution in [0.15, 0.2) is 0 Å². The zero-order valence-electron chi connectivity index (χ0n) is 6.72. The topological polar surface area (TPSA) is 12.5 Å². The normalized spacial score (nSPS) is 34.7. The molecule has 0 amide bonds. The van der Waals surface area contributed by atoms with E-state index in [4.69, 9.17) is 4.74 Å². The van der Waals surface area contributed by atoms with E-state index in [1.807, 2.05) is 0 Å². The smallest absolute Gasteiger partial charge is 0.220 e. The minimum Gasteiger partial charge on any atom is -0.314 e. The lowest BCUT2D eigenvalue weighted by Gasteiger charge is -2.20. The van der Waals surface area contributed by atoms with Crippen LogP contribution in [0.1, 0.15) is 13.3 Å². The van der Waals surface area contributed by atoms with Crippen LogP contribution in [0.2, 0.25) is 0 Å². The van der Waals surface area contributed by atoms with Gasteiger partial charge in [0.15, 0.2) is 0 Å². The number of likely N-dealkylation sites (N-methyl/N-ethyl adjacent to an activating group) is 1. The molecule has 0 saturated carbocycles. The predicted octanol–water partition coefficient (Wildman–Crippen LogP) is 0.827. The Bertz CT molecular complexity index is 106. The van der Waals surface area contributed by atoms with Crippen molar-refractivity contribution >= 4 is 0 Å². The molecule has 54 valence electrons. The van der Waals surface area contributed by atoms with Crippen molar-refractivity contribution in [2.45, 2.75) is 25.7 Å². The van der Waals surface area contributed by atoms with Crippen molar-refractivity contribution < 1.29 is 9.22 Å². The number of ether oxygens (including phenoxy) is 1. The Morgan fingerprint density at radius 3 is 2.00 bits per heavy atom. The second-order valence-corrected chi connectivity index (χ2v) is 3.59. The Morgan fingerprint density at radius 2 is 1.89 bits per heavy atom. The first-order valence-electron chi connectivity index (χ1n) is 3.52. The van der Waals surface area contributed by atoms with Gasteiger partial charge in [0, 0.05) is 0 Å². The second kappa shape index (κ2) is 1.96. The first kappa shape index (κ1) is 7.03. The fourth-order valence-electron chi connectivity index (χ4n) is 1.11. The highest BCUT2D eigenvalue weighted by molar-refractivity contribution is 4.74. The number of rotatable bonds is 2. The van der Waals surface area contributed by atoms with E-state index < -0.39 is 0 Å². The molecule has 1 aliphatic heterocycles. The van der Waals surface area contributed by atoms with Crippen molar-refractivity contribution in [3.05, 3.63) is 0 Å². The van der Waals surface area contributed by atoms with Crippen molar-refractivity contribution in [3.8, 4) is 0 Å². The Kier molecular flexibility index (Phi) is 1.53. The second-order valence-electron chi connectivity index (χ2n) is 3.59. The van der Waals surface area contributed by atoms with Crippen molar-refractivity contribution in [3.63, 3.8) is 0 Å². The monoisotopic (exact) mass is 130 g/mol. The summed E-state index contributed by atoms with van der Waals surface area (Å²) in [5.74, 6) is 0. The molecule has 0 aromatic rings. The third kappa shape index (κ3) is 1.43. The van der Waals surface area contributed by atoms with Crippen LogP contribution < -0.4 is 0 Å². The van der Waals surface area contributed by atoms with E-state index in [2.05, 4.69) is 28.1 Å². The van der Waals surface area contributed by atoms with E-state index in [0.29, 0.717) is 12.3 Å². The van der Waals surface area contributed by atoms with Gasteiger partial charge in [-0.2, -0.15) is 0 Å². The van der Waals surface area contributed by atoms with Gasteiger partial charge in [-0.3, -0.25) is 0 Å². The molecule has 2 nitrogen and oxygen atoms in total. The molecule has 0 aliphatic carbocycles. The largest absolute Gasteiger partial charge is 0.314 e. The minimum atomic E-state index is 0.468. The van der Waals surface area contributed by atoms with Gasteiger partial charge in [-0.1, -0.05) is 6.92 Å². The molecule has 1 heterocycles. The van der Waals surface area contributed by atoms with Crippen molar-refractivity contribution in [2.75, 3.05) is 21.1 Å². The highest BCUT2D eigenvalue weighted by Crippen LogP contribution is 2.29. The SMILES string of the molecule is CCC1OC1[N+](C)(C)C. The Labute approximate surface area is 57.0 Å². The van der Waals surface area contributed by atoms with E-state index in [9.17, 15) is 0 Å². The van der Waals surface area contributed by atoms with Crippen LogP contribution in [-0.4, -0.2) is 38.0 Å². The summed E-state index contributed by atoms with van der Waals surface area (Å²) in [6.07, 6.45) is 2.15. The van der Waals surface area contributed by atoms with Gasteiger partial charge >= 0.3 is 0 Å². The molecule has 0 radical (unpaired) electrons. The van der Waals surface area contributed by atoms with Crippen LogP contribution in [0.5, 0.6) is 0 Å². The fraction of sp³-hybridized carbons (Fsp3) is 1.00. The molecule has 1 fully saturated rings. The van der Waals surface area contributed by atoms with Crippen molar-refractivity contribution in [2.24, 2.45) is 0 Å². The van der Waals surface area contributed by atoms with Gasteiger partial charge < -0.3 is 9.22 Å². The van der Waals surface area contributed by atoms with E-state index in [0.717, 1.165) is 10.9 Å². The molecule has 1 saturated heterocycles. The summed E-state index contributed by atoms with van der Waals surface area (Å²) >= 11 is 0. The molecule has 0 spiro atoms. The van der Waals surface area contributed by atoms with Gasteiger partial charge in [-0.05, 0) is 6.42 Å². The maximum atomic E-state index is 5.40. The molecule has 2 unspecified atom stereocenters. The molecule has 2 atom stereocenters. The lowest BCUT2D eigenvalue weighted by atomic mass is 10.3.